The van der Waals surface area contributed by atoms with Gasteiger partial charge in [0.2, 0.25) is 0 Å². The van der Waals surface area contributed by atoms with E-state index in [9.17, 15) is 27.2 Å². The summed E-state index contributed by atoms with van der Waals surface area (Å²) in [4.78, 5) is 29.1. The summed E-state index contributed by atoms with van der Waals surface area (Å²) < 4.78 is 55.0. The molecule has 0 saturated carbocycles. The first kappa shape index (κ1) is 23.1. The highest BCUT2D eigenvalue weighted by Gasteiger charge is 2.37. The molecule has 2 aliphatic rings. The molecule has 0 atom stereocenters. The summed E-state index contributed by atoms with van der Waals surface area (Å²) in [6.45, 7) is 0.628. The number of piperazine rings is 1. The van der Waals surface area contributed by atoms with E-state index in [-0.39, 0.29) is 37.9 Å². The fraction of sp³-hybridized carbons (Fsp3) is 0.320. The lowest BCUT2D eigenvalue weighted by Gasteiger charge is -2.35. The summed E-state index contributed by atoms with van der Waals surface area (Å²) >= 11 is 0. The van der Waals surface area contributed by atoms with Gasteiger partial charge in [-0.2, -0.15) is 18.3 Å². The molecule has 1 aliphatic carbocycles. The Balaban J connectivity index is 1.32. The smallest absolute Gasteiger partial charge is 0.335 e. The number of nitrogens with zero attached hydrogens (tertiary/aromatic N) is 4. The van der Waals surface area contributed by atoms with Crippen LogP contribution < -0.4 is 0 Å². The lowest BCUT2D eigenvalue weighted by atomic mass is 10.1. The molecule has 2 amide bonds. The van der Waals surface area contributed by atoms with Gasteiger partial charge in [0.25, 0.3) is 11.8 Å². The molecule has 1 aliphatic heterocycles. The number of benzene rings is 2. The molecule has 0 N–H and O–H groups in total. The monoisotopic (exact) mass is 486 g/mol. The molecular formula is C25H22F4N4O2. The predicted octanol–water partition coefficient (Wildman–Crippen LogP) is 4.12. The Morgan fingerprint density at radius 3 is 2.11 bits per heavy atom. The van der Waals surface area contributed by atoms with Gasteiger partial charge in [0.05, 0.1) is 16.8 Å². The summed E-state index contributed by atoms with van der Waals surface area (Å²) in [7, 11) is 0. The van der Waals surface area contributed by atoms with Crippen LogP contribution in [0.25, 0.3) is 5.69 Å². The molecule has 3 aromatic rings. The van der Waals surface area contributed by atoms with E-state index in [1.54, 1.807) is 21.7 Å². The van der Waals surface area contributed by atoms with E-state index in [1.165, 1.54) is 35.2 Å². The van der Waals surface area contributed by atoms with Crippen molar-refractivity contribution < 1.29 is 27.2 Å². The minimum atomic E-state index is -4.63. The second-order valence-corrected chi connectivity index (χ2v) is 8.64. The lowest BCUT2D eigenvalue weighted by molar-refractivity contribution is -0.138. The van der Waals surface area contributed by atoms with Crippen LogP contribution >= 0.6 is 0 Å². The molecule has 5 rings (SSSR count). The number of hydrogen-bond acceptors (Lipinski definition) is 3. The minimum Gasteiger partial charge on any atom is -0.335 e. The van der Waals surface area contributed by atoms with Crippen LogP contribution in [0, 0.1) is 5.82 Å². The normalized spacial score (nSPS) is 15.9. The maximum absolute atomic E-state index is 13.4. The van der Waals surface area contributed by atoms with Gasteiger partial charge >= 0.3 is 6.18 Å². The Bertz CT molecular complexity index is 1280. The first-order valence-corrected chi connectivity index (χ1v) is 11.4. The standard InChI is InChI=1S/C25H22F4N4O2/c26-16-8-10-17(11-9-16)33-21-7-3-5-19(21)22(30-33)24(35)32-14-12-31(13-15-32)23(34)18-4-1-2-6-20(18)25(27,28)29/h1-2,4,6,8-11H,3,5,7,12-15H2. The molecule has 1 fully saturated rings. The second kappa shape index (κ2) is 8.83. The summed E-state index contributed by atoms with van der Waals surface area (Å²) in [5.74, 6) is -1.34. The first-order valence-electron chi connectivity index (χ1n) is 11.4. The van der Waals surface area contributed by atoms with E-state index in [2.05, 4.69) is 5.10 Å². The van der Waals surface area contributed by atoms with Crippen molar-refractivity contribution in [1.82, 2.24) is 19.6 Å². The number of hydrogen-bond donors (Lipinski definition) is 0. The zero-order valence-corrected chi connectivity index (χ0v) is 18.7. The van der Waals surface area contributed by atoms with Crippen LogP contribution in [0.2, 0.25) is 0 Å². The zero-order chi connectivity index (χ0) is 24.7. The van der Waals surface area contributed by atoms with Gasteiger partial charge in [0, 0.05) is 37.4 Å². The van der Waals surface area contributed by atoms with Gasteiger partial charge in [-0.15, -0.1) is 0 Å². The van der Waals surface area contributed by atoms with E-state index in [0.29, 0.717) is 17.8 Å². The van der Waals surface area contributed by atoms with Crippen LogP contribution in [0.3, 0.4) is 0 Å². The molecular weight excluding hydrogens is 464 g/mol. The highest BCUT2D eigenvalue weighted by atomic mass is 19.4. The van der Waals surface area contributed by atoms with Crippen LogP contribution in [0.4, 0.5) is 17.6 Å². The molecule has 0 spiro atoms. The average molecular weight is 486 g/mol. The van der Waals surface area contributed by atoms with E-state index in [0.717, 1.165) is 30.2 Å². The Labute approximate surface area is 198 Å². The summed E-state index contributed by atoms with van der Waals surface area (Å²) in [6, 6.07) is 10.6. The molecule has 2 aromatic carbocycles. The molecule has 0 bridgehead atoms. The van der Waals surface area contributed by atoms with Gasteiger partial charge in [-0.3, -0.25) is 9.59 Å². The third kappa shape index (κ3) is 4.28. The van der Waals surface area contributed by atoms with Crippen molar-refractivity contribution in [3.8, 4) is 5.69 Å². The molecule has 182 valence electrons. The number of carbonyl (C=O) groups excluding carboxylic acids is 2. The van der Waals surface area contributed by atoms with E-state index < -0.39 is 23.2 Å². The first-order chi connectivity index (χ1) is 16.7. The van der Waals surface area contributed by atoms with Gasteiger partial charge in [-0.25, -0.2) is 9.07 Å². The lowest BCUT2D eigenvalue weighted by Crippen LogP contribution is -2.51. The molecule has 6 nitrogen and oxygen atoms in total. The number of carbonyl (C=O) groups is 2. The van der Waals surface area contributed by atoms with Crippen LogP contribution in [-0.4, -0.2) is 57.6 Å². The van der Waals surface area contributed by atoms with Crippen LogP contribution in [0.5, 0.6) is 0 Å². The fourth-order valence-corrected chi connectivity index (χ4v) is 4.75. The number of halogens is 4. The second-order valence-electron chi connectivity index (χ2n) is 8.64. The summed E-state index contributed by atoms with van der Waals surface area (Å²) in [5, 5.41) is 4.54. The van der Waals surface area contributed by atoms with E-state index >= 15 is 0 Å². The maximum atomic E-state index is 13.4. The van der Waals surface area contributed by atoms with Gasteiger partial charge < -0.3 is 9.80 Å². The SMILES string of the molecule is O=C(c1ccccc1C(F)(F)F)N1CCN(C(=O)c2nn(-c3ccc(F)cc3)c3c2CCC3)CC1. The number of amides is 2. The molecule has 1 saturated heterocycles. The van der Waals surface area contributed by atoms with Crippen molar-refractivity contribution in [2.24, 2.45) is 0 Å². The van der Waals surface area contributed by atoms with Crippen molar-refractivity contribution in [1.29, 1.82) is 0 Å². The quantitative estimate of drug-likeness (QED) is 0.524. The van der Waals surface area contributed by atoms with E-state index in [4.69, 9.17) is 0 Å². The fourth-order valence-electron chi connectivity index (χ4n) is 4.75. The minimum absolute atomic E-state index is 0.123. The third-order valence-corrected chi connectivity index (χ3v) is 6.52. The van der Waals surface area contributed by atoms with Crippen molar-refractivity contribution in [3.63, 3.8) is 0 Å². The van der Waals surface area contributed by atoms with Gasteiger partial charge in [-0.05, 0) is 55.7 Å². The van der Waals surface area contributed by atoms with Crippen LogP contribution in [0.15, 0.2) is 48.5 Å². The topological polar surface area (TPSA) is 58.4 Å². The maximum Gasteiger partial charge on any atom is 0.417 e. The Kier molecular flexibility index (Phi) is 5.82. The van der Waals surface area contributed by atoms with Crippen molar-refractivity contribution in [3.05, 3.63) is 82.4 Å². The number of rotatable bonds is 3. The van der Waals surface area contributed by atoms with Gasteiger partial charge in [-0.1, -0.05) is 12.1 Å². The number of fused-ring (bicyclic) bond motifs is 1. The van der Waals surface area contributed by atoms with Crippen molar-refractivity contribution >= 4 is 11.8 Å². The van der Waals surface area contributed by atoms with Crippen molar-refractivity contribution in [2.75, 3.05) is 26.2 Å². The molecule has 35 heavy (non-hydrogen) atoms. The average Bonchev–Trinajstić information content (AvgIpc) is 3.47. The molecule has 10 heteroatoms. The van der Waals surface area contributed by atoms with Gasteiger partial charge in [0.15, 0.2) is 5.69 Å². The Morgan fingerprint density at radius 1 is 0.829 bits per heavy atom. The Hall–Kier alpha value is -3.69. The van der Waals surface area contributed by atoms with Crippen molar-refractivity contribution in [2.45, 2.75) is 25.4 Å². The molecule has 0 radical (unpaired) electrons. The van der Waals surface area contributed by atoms with Crippen LogP contribution in [-0.2, 0) is 19.0 Å². The zero-order valence-electron chi connectivity index (χ0n) is 18.7. The molecule has 0 unspecified atom stereocenters. The number of aromatic nitrogens is 2. The predicted molar refractivity (Wildman–Crippen MR) is 119 cm³/mol. The summed E-state index contributed by atoms with van der Waals surface area (Å²) in [5.41, 5.74) is 1.45. The molecule has 1 aromatic heterocycles. The van der Waals surface area contributed by atoms with E-state index in [1.807, 2.05) is 0 Å². The summed E-state index contributed by atoms with van der Waals surface area (Å²) in [6.07, 6.45) is -2.28. The largest absolute Gasteiger partial charge is 0.417 e. The van der Waals surface area contributed by atoms with Crippen LogP contribution in [0.1, 0.15) is 44.1 Å². The molecule has 2 heterocycles. The highest BCUT2D eigenvalue weighted by Crippen LogP contribution is 2.33. The Morgan fingerprint density at radius 2 is 1.46 bits per heavy atom. The number of alkyl halides is 3. The third-order valence-electron chi connectivity index (χ3n) is 6.52. The highest BCUT2D eigenvalue weighted by molar-refractivity contribution is 5.97. The van der Waals surface area contributed by atoms with Gasteiger partial charge in [0.1, 0.15) is 5.82 Å².